The third-order valence-electron chi connectivity index (χ3n) is 2.47. The molecule has 0 aliphatic heterocycles. The Morgan fingerprint density at radius 3 is 2.95 bits per heavy atom. The van der Waals surface area contributed by atoms with Crippen LogP contribution in [0.3, 0.4) is 0 Å². The second kappa shape index (κ2) is 8.42. The number of aromatic nitrogens is 1. The molecule has 1 aromatic rings. The minimum Gasteiger partial charge on any atom is -0.472 e. The third kappa shape index (κ3) is 5.92. The van der Waals surface area contributed by atoms with E-state index in [9.17, 15) is 18.7 Å². The van der Waals surface area contributed by atoms with Crippen LogP contribution in [0.5, 0.6) is 5.88 Å². The third-order valence-corrected chi connectivity index (χ3v) is 2.47. The second-order valence-electron chi connectivity index (χ2n) is 4.24. The fraction of sp³-hybridized carbons (Fsp3) is 0.538. The lowest BCUT2D eigenvalue weighted by molar-refractivity contribution is 0.0794. The van der Waals surface area contributed by atoms with E-state index in [1.54, 1.807) is 0 Å². The Labute approximate surface area is 116 Å². The van der Waals surface area contributed by atoms with Gasteiger partial charge >= 0.3 is 0 Å². The first-order chi connectivity index (χ1) is 9.52. The van der Waals surface area contributed by atoms with Gasteiger partial charge in [0.05, 0.1) is 6.10 Å². The monoisotopic (exact) mass is 288 g/mol. The van der Waals surface area contributed by atoms with Gasteiger partial charge in [0.15, 0.2) is 6.61 Å². The van der Waals surface area contributed by atoms with E-state index in [-0.39, 0.29) is 18.0 Å². The summed E-state index contributed by atoms with van der Waals surface area (Å²) in [5, 5.41) is 12.1. The Kier molecular flexibility index (Phi) is 6.86. The summed E-state index contributed by atoms with van der Waals surface area (Å²) in [5.41, 5.74) is 0.243. The summed E-state index contributed by atoms with van der Waals surface area (Å²) in [6, 6.07) is 2.72. The van der Waals surface area contributed by atoms with Gasteiger partial charge in [0.1, 0.15) is 0 Å². The van der Waals surface area contributed by atoms with Crippen molar-refractivity contribution in [2.75, 3.05) is 13.2 Å². The van der Waals surface area contributed by atoms with E-state index in [1.807, 2.05) is 6.92 Å². The van der Waals surface area contributed by atoms with Crippen LogP contribution in [0.1, 0.15) is 30.1 Å². The lowest BCUT2D eigenvalue weighted by Crippen LogP contribution is -2.32. The van der Waals surface area contributed by atoms with Crippen LogP contribution >= 0.6 is 0 Å². The molecule has 0 saturated heterocycles. The number of nitrogens with one attached hydrogen (secondary N) is 1. The number of nitrogens with zero attached hydrogens (tertiary/aromatic N) is 1. The van der Waals surface area contributed by atoms with E-state index in [0.29, 0.717) is 6.42 Å². The average Bonchev–Trinajstić information content (AvgIpc) is 2.43. The van der Waals surface area contributed by atoms with Crippen molar-refractivity contribution in [3.8, 4) is 5.88 Å². The fourth-order valence-corrected chi connectivity index (χ4v) is 1.53. The minimum absolute atomic E-state index is 0.0351. The number of pyridine rings is 1. The Morgan fingerprint density at radius 1 is 1.55 bits per heavy atom. The van der Waals surface area contributed by atoms with Gasteiger partial charge in [0.25, 0.3) is 12.3 Å². The van der Waals surface area contributed by atoms with Gasteiger partial charge in [-0.1, -0.05) is 13.3 Å². The van der Waals surface area contributed by atoms with Gasteiger partial charge in [-0.2, -0.15) is 0 Å². The molecule has 1 aromatic heterocycles. The number of aliphatic hydroxyl groups is 1. The molecule has 0 fully saturated rings. The predicted molar refractivity (Wildman–Crippen MR) is 69.0 cm³/mol. The molecule has 1 atom stereocenters. The van der Waals surface area contributed by atoms with Crippen LogP contribution in [0.25, 0.3) is 0 Å². The number of halogens is 2. The smallest absolute Gasteiger partial charge is 0.272 e. The molecule has 112 valence electrons. The number of ether oxygens (including phenoxy) is 1. The largest absolute Gasteiger partial charge is 0.472 e. The standard InChI is InChI=1S/C13H18F2N2O3/c1-2-3-10(18)7-17-13(19)9-4-5-16-12(6-9)20-8-11(14)15/h4-6,10-11,18H,2-3,7-8H2,1H3,(H,17,19). The molecule has 0 radical (unpaired) electrons. The first-order valence-corrected chi connectivity index (χ1v) is 6.36. The zero-order valence-corrected chi connectivity index (χ0v) is 11.2. The summed E-state index contributed by atoms with van der Waals surface area (Å²) < 4.78 is 28.7. The molecule has 0 aromatic carbocycles. The van der Waals surface area contributed by atoms with Crippen molar-refractivity contribution in [3.63, 3.8) is 0 Å². The van der Waals surface area contributed by atoms with Gasteiger partial charge in [-0.25, -0.2) is 13.8 Å². The van der Waals surface area contributed by atoms with E-state index in [1.165, 1.54) is 18.3 Å². The van der Waals surface area contributed by atoms with Crippen molar-refractivity contribution >= 4 is 5.91 Å². The maximum atomic E-state index is 12.0. The SMILES string of the molecule is CCCC(O)CNC(=O)c1ccnc(OCC(F)F)c1. The quantitative estimate of drug-likeness (QED) is 0.762. The van der Waals surface area contributed by atoms with E-state index >= 15 is 0 Å². The Balaban J connectivity index is 2.53. The van der Waals surface area contributed by atoms with E-state index in [4.69, 9.17) is 4.74 Å². The first kappa shape index (κ1) is 16.3. The molecule has 5 nitrogen and oxygen atoms in total. The van der Waals surface area contributed by atoms with Crippen LogP contribution in [0.2, 0.25) is 0 Å². The molecule has 7 heteroatoms. The molecule has 20 heavy (non-hydrogen) atoms. The Hall–Kier alpha value is -1.76. The molecule has 1 rings (SSSR count). The highest BCUT2D eigenvalue weighted by atomic mass is 19.3. The highest BCUT2D eigenvalue weighted by Gasteiger charge is 2.11. The van der Waals surface area contributed by atoms with Crippen molar-refractivity contribution < 1.29 is 23.4 Å². The minimum atomic E-state index is -2.60. The molecule has 0 bridgehead atoms. The van der Waals surface area contributed by atoms with Gasteiger partial charge in [0, 0.05) is 24.4 Å². The number of alkyl halides is 2. The van der Waals surface area contributed by atoms with Gasteiger partial charge in [-0.05, 0) is 12.5 Å². The predicted octanol–water partition coefficient (Wildman–Crippen LogP) is 1.62. The lowest BCUT2D eigenvalue weighted by atomic mass is 10.2. The Bertz CT molecular complexity index is 430. The first-order valence-electron chi connectivity index (χ1n) is 6.36. The highest BCUT2D eigenvalue weighted by Crippen LogP contribution is 2.10. The zero-order chi connectivity index (χ0) is 15.0. The van der Waals surface area contributed by atoms with Gasteiger partial charge in [-0.15, -0.1) is 0 Å². The van der Waals surface area contributed by atoms with Gasteiger partial charge < -0.3 is 15.2 Å². The van der Waals surface area contributed by atoms with Gasteiger partial charge in [0.2, 0.25) is 5.88 Å². The van der Waals surface area contributed by atoms with Crippen LogP contribution in [0.15, 0.2) is 18.3 Å². The van der Waals surface area contributed by atoms with Gasteiger partial charge in [-0.3, -0.25) is 4.79 Å². The maximum Gasteiger partial charge on any atom is 0.272 e. The average molecular weight is 288 g/mol. The van der Waals surface area contributed by atoms with E-state index < -0.39 is 25.0 Å². The number of aliphatic hydroxyl groups excluding tert-OH is 1. The van der Waals surface area contributed by atoms with Crippen molar-refractivity contribution in [1.82, 2.24) is 10.3 Å². The summed E-state index contributed by atoms with van der Waals surface area (Å²) >= 11 is 0. The number of amides is 1. The van der Waals surface area contributed by atoms with E-state index in [2.05, 4.69) is 10.3 Å². The van der Waals surface area contributed by atoms with Crippen molar-refractivity contribution in [3.05, 3.63) is 23.9 Å². The highest BCUT2D eigenvalue weighted by molar-refractivity contribution is 5.94. The lowest BCUT2D eigenvalue weighted by Gasteiger charge is -2.11. The second-order valence-corrected chi connectivity index (χ2v) is 4.24. The molecular formula is C13H18F2N2O3. The van der Waals surface area contributed by atoms with Crippen molar-refractivity contribution in [2.45, 2.75) is 32.3 Å². The molecule has 2 N–H and O–H groups in total. The zero-order valence-electron chi connectivity index (χ0n) is 11.2. The summed E-state index contributed by atoms with van der Waals surface area (Å²) in [6.07, 6.45) is -0.478. The summed E-state index contributed by atoms with van der Waals surface area (Å²) in [6.45, 7) is 1.30. The molecule has 1 amide bonds. The molecule has 0 aliphatic rings. The number of rotatable bonds is 8. The summed E-state index contributed by atoms with van der Waals surface area (Å²) in [7, 11) is 0. The Morgan fingerprint density at radius 2 is 2.30 bits per heavy atom. The van der Waals surface area contributed by atoms with Crippen LogP contribution in [0, 0.1) is 0 Å². The fourth-order valence-electron chi connectivity index (χ4n) is 1.53. The van der Waals surface area contributed by atoms with Crippen LogP contribution in [-0.4, -0.2) is 41.7 Å². The number of carbonyl (C=O) groups is 1. The van der Waals surface area contributed by atoms with E-state index in [0.717, 1.165) is 6.42 Å². The normalized spacial score (nSPS) is 12.2. The van der Waals surface area contributed by atoms with Crippen molar-refractivity contribution in [1.29, 1.82) is 0 Å². The van der Waals surface area contributed by atoms with Crippen molar-refractivity contribution in [2.24, 2.45) is 0 Å². The maximum absolute atomic E-state index is 12.0. The summed E-state index contributed by atoms with van der Waals surface area (Å²) in [5.74, 6) is -0.448. The van der Waals surface area contributed by atoms with Crippen LogP contribution in [-0.2, 0) is 0 Å². The molecule has 1 heterocycles. The number of hydrogen-bond acceptors (Lipinski definition) is 4. The molecule has 0 spiro atoms. The number of carbonyl (C=O) groups excluding carboxylic acids is 1. The summed E-state index contributed by atoms with van der Waals surface area (Å²) in [4.78, 5) is 15.5. The molecule has 0 aliphatic carbocycles. The molecule has 1 unspecified atom stereocenters. The topological polar surface area (TPSA) is 71.5 Å². The van der Waals surface area contributed by atoms with Crippen LogP contribution in [0.4, 0.5) is 8.78 Å². The number of hydrogen-bond donors (Lipinski definition) is 2. The molecular weight excluding hydrogens is 270 g/mol. The molecule has 0 saturated carbocycles. The van der Waals surface area contributed by atoms with Crippen LogP contribution < -0.4 is 10.1 Å².